The van der Waals surface area contributed by atoms with E-state index in [4.69, 9.17) is 5.11 Å². The van der Waals surface area contributed by atoms with E-state index in [1.807, 2.05) is 0 Å². The zero-order valence-electron chi connectivity index (χ0n) is 8.57. The third-order valence-electron chi connectivity index (χ3n) is 1.73. The van der Waals surface area contributed by atoms with Crippen LogP contribution in [0.2, 0.25) is 0 Å². The van der Waals surface area contributed by atoms with Crippen LogP contribution in [0.4, 0.5) is 0 Å². The monoisotopic (exact) mass is 211 g/mol. The normalized spacial score (nSPS) is 11.4. The van der Waals surface area contributed by atoms with Crippen LogP contribution >= 0.6 is 0 Å². The van der Waals surface area contributed by atoms with E-state index in [0.717, 1.165) is 12.1 Å². The number of aliphatic hydroxyl groups is 1. The average Bonchev–Trinajstić information content (AvgIpc) is 2.08. The molecule has 15 heavy (non-hydrogen) atoms. The average molecular weight is 211 g/mol. The molecule has 0 fully saturated rings. The Labute approximate surface area is 86.0 Å². The van der Waals surface area contributed by atoms with Crippen LogP contribution in [0.1, 0.15) is 19.5 Å². The first-order chi connectivity index (χ1) is 6.78. The topological polar surface area (TPSA) is 90.4 Å². The van der Waals surface area contributed by atoms with E-state index >= 15 is 0 Å². The quantitative estimate of drug-likeness (QED) is 0.629. The summed E-state index contributed by atoms with van der Waals surface area (Å²) in [6, 6.07) is 1.92. The molecule has 0 aromatic carbocycles. The highest BCUT2D eigenvalue weighted by molar-refractivity contribution is 5.19. The van der Waals surface area contributed by atoms with Crippen molar-refractivity contribution >= 4 is 0 Å². The number of aromatic amines is 1. The van der Waals surface area contributed by atoms with Gasteiger partial charge >= 0.3 is 0 Å². The Morgan fingerprint density at radius 3 is 2.47 bits per heavy atom. The molecule has 1 heterocycles. The summed E-state index contributed by atoms with van der Waals surface area (Å²) in [5.74, 6) is -0.599. The maximum atomic E-state index is 11.2. The van der Waals surface area contributed by atoms with Crippen molar-refractivity contribution < 1.29 is 10.2 Å². The SMILES string of the molecule is CC(C)(O)Cc1cc(=O)c(O)cc(=O)[nH]1. The van der Waals surface area contributed by atoms with Crippen molar-refractivity contribution in [2.24, 2.45) is 0 Å². The minimum absolute atomic E-state index is 0.131. The van der Waals surface area contributed by atoms with Gasteiger partial charge in [-0.15, -0.1) is 0 Å². The molecule has 3 N–H and O–H groups in total. The molecule has 0 unspecified atom stereocenters. The molecule has 5 heteroatoms. The Hall–Kier alpha value is -1.62. The number of hydrogen-bond donors (Lipinski definition) is 3. The van der Waals surface area contributed by atoms with Gasteiger partial charge in [0.1, 0.15) is 0 Å². The molecule has 0 saturated heterocycles. The summed E-state index contributed by atoms with van der Waals surface area (Å²) in [7, 11) is 0. The van der Waals surface area contributed by atoms with Crippen LogP contribution in [0, 0.1) is 0 Å². The highest BCUT2D eigenvalue weighted by Gasteiger charge is 2.14. The lowest BCUT2D eigenvalue weighted by Crippen LogP contribution is -2.23. The van der Waals surface area contributed by atoms with Gasteiger partial charge in [0.15, 0.2) is 5.75 Å². The van der Waals surface area contributed by atoms with Crippen LogP contribution < -0.4 is 11.0 Å². The van der Waals surface area contributed by atoms with Gasteiger partial charge in [0.2, 0.25) is 5.43 Å². The first kappa shape index (κ1) is 11.5. The predicted octanol–water partition coefficient (Wildman–Crippen LogP) is -0.246. The van der Waals surface area contributed by atoms with Crippen LogP contribution in [0.15, 0.2) is 21.7 Å². The van der Waals surface area contributed by atoms with Gasteiger partial charge in [0, 0.05) is 24.2 Å². The summed E-state index contributed by atoms with van der Waals surface area (Å²) in [6.45, 7) is 3.12. The molecule has 5 nitrogen and oxygen atoms in total. The van der Waals surface area contributed by atoms with Gasteiger partial charge in [-0.1, -0.05) is 0 Å². The van der Waals surface area contributed by atoms with E-state index in [2.05, 4.69) is 4.98 Å². The molecule has 0 spiro atoms. The molecular weight excluding hydrogens is 198 g/mol. The zero-order chi connectivity index (χ0) is 11.6. The van der Waals surface area contributed by atoms with Crippen LogP contribution in [0.3, 0.4) is 0 Å². The smallest absolute Gasteiger partial charge is 0.251 e. The Morgan fingerprint density at radius 1 is 1.33 bits per heavy atom. The number of rotatable bonds is 2. The van der Waals surface area contributed by atoms with E-state index in [-0.39, 0.29) is 12.1 Å². The van der Waals surface area contributed by atoms with Crippen molar-refractivity contribution in [3.63, 3.8) is 0 Å². The Morgan fingerprint density at radius 2 is 1.93 bits per heavy atom. The molecule has 0 amide bonds. The predicted molar refractivity (Wildman–Crippen MR) is 55.0 cm³/mol. The molecular formula is C10H13NO4. The van der Waals surface area contributed by atoms with E-state index < -0.39 is 22.3 Å². The summed E-state index contributed by atoms with van der Waals surface area (Å²) in [5.41, 5.74) is -1.96. The Kier molecular flexibility index (Phi) is 2.95. The lowest BCUT2D eigenvalue weighted by Gasteiger charge is -2.15. The first-order valence-corrected chi connectivity index (χ1v) is 4.47. The summed E-state index contributed by atoms with van der Waals surface area (Å²) >= 11 is 0. The second kappa shape index (κ2) is 3.86. The van der Waals surface area contributed by atoms with Crippen LogP contribution in [0.25, 0.3) is 0 Å². The molecule has 1 aromatic rings. The van der Waals surface area contributed by atoms with E-state index in [0.29, 0.717) is 0 Å². The fourth-order valence-electron chi connectivity index (χ4n) is 1.22. The summed E-state index contributed by atoms with van der Waals surface area (Å²) in [5, 5.41) is 18.6. The number of hydrogen-bond acceptors (Lipinski definition) is 4. The second-order valence-corrected chi connectivity index (χ2v) is 4.04. The molecule has 0 atom stereocenters. The molecule has 0 aliphatic heterocycles. The van der Waals surface area contributed by atoms with Crippen molar-refractivity contribution in [2.75, 3.05) is 0 Å². The summed E-state index contributed by atoms with van der Waals surface area (Å²) in [6.07, 6.45) is 0.131. The van der Waals surface area contributed by atoms with E-state index in [1.165, 1.54) is 0 Å². The number of H-pyrrole nitrogens is 1. The highest BCUT2D eigenvalue weighted by atomic mass is 16.3. The maximum Gasteiger partial charge on any atom is 0.251 e. The number of aromatic nitrogens is 1. The lowest BCUT2D eigenvalue weighted by atomic mass is 10.0. The molecule has 0 bridgehead atoms. The molecule has 0 aliphatic carbocycles. The van der Waals surface area contributed by atoms with Gasteiger partial charge in [0.25, 0.3) is 5.56 Å². The van der Waals surface area contributed by atoms with Crippen LogP contribution in [-0.2, 0) is 6.42 Å². The molecule has 0 aliphatic rings. The lowest BCUT2D eigenvalue weighted by molar-refractivity contribution is 0.0799. The number of nitrogens with one attached hydrogen (secondary N) is 1. The van der Waals surface area contributed by atoms with Crippen LogP contribution in [0.5, 0.6) is 5.75 Å². The molecule has 0 saturated carbocycles. The second-order valence-electron chi connectivity index (χ2n) is 4.04. The molecule has 82 valence electrons. The maximum absolute atomic E-state index is 11.2. The van der Waals surface area contributed by atoms with Crippen molar-refractivity contribution in [1.29, 1.82) is 0 Å². The fraction of sp³-hybridized carbons (Fsp3) is 0.400. The number of aromatic hydroxyl groups is 1. The van der Waals surface area contributed by atoms with E-state index in [9.17, 15) is 14.7 Å². The van der Waals surface area contributed by atoms with Gasteiger partial charge in [0.05, 0.1) is 5.60 Å². The van der Waals surface area contributed by atoms with Crippen LogP contribution in [-0.4, -0.2) is 20.8 Å². The van der Waals surface area contributed by atoms with Gasteiger partial charge in [-0.3, -0.25) is 9.59 Å². The van der Waals surface area contributed by atoms with Gasteiger partial charge in [-0.2, -0.15) is 0 Å². The first-order valence-electron chi connectivity index (χ1n) is 4.47. The zero-order valence-corrected chi connectivity index (χ0v) is 8.57. The van der Waals surface area contributed by atoms with E-state index in [1.54, 1.807) is 13.8 Å². The summed E-state index contributed by atoms with van der Waals surface area (Å²) in [4.78, 5) is 24.7. The largest absolute Gasteiger partial charge is 0.504 e. The van der Waals surface area contributed by atoms with Crippen molar-refractivity contribution in [2.45, 2.75) is 25.9 Å². The fourth-order valence-corrected chi connectivity index (χ4v) is 1.22. The van der Waals surface area contributed by atoms with Crippen molar-refractivity contribution in [3.05, 3.63) is 38.4 Å². The highest BCUT2D eigenvalue weighted by Crippen LogP contribution is 2.07. The third-order valence-corrected chi connectivity index (χ3v) is 1.73. The molecule has 1 aromatic heterocycles. The molecule has 1 rings (SSSR count). The minimum Gasteiger partial charge on any atom is -0.504 e. The Bertz CT molecular complexity index is 470. The molecule has 0 radical (unpaired) electrons. The van der Waals surface area contributed by atoms with Crippen molar-refractivity contribution in [1.82, 2.24) is 4.98 Å². The van der Waals surface area contributed by atoms with Crippen molar-refractivity contribution in [3.8, 4) is 5.75 Å². The standard InChI is InChI=1S/C10H13NO4/c1-10(2,15)5-6-3-7(12)8(13)4-9(14)11-6/h3-4,15H,5H2,1-2H3,(H,11,14)(H,12,13). The van der Waals surface area contributed by atoms with Gasteiger partial charge < -0.3 is 15.2 Å². The summed E-state index contributed by atoms with van der Waals surface area (Å²) < 4.78 is 0. The van der Waals surface area contributed by atoms with Gasteiger partial charge in [-0.05, 0) is 13.8 Å². The third kappa shape index (κ3) is 3.55. The van der Waals surface area contributed by atoms with Gasteiger partial charge in [-0.25, -0.2) is 0 Å². The Balaban J connectivity index is 3.29. The minimum atomic E-state index is -1.03.